The standard InChI is InChI=1S/C16H22FN3O/c1-12(2)7-18-9-14-5-4-6-15(17)16(14)21-11-13-8-19-20(3)10-13/h4-6,8,10,12,18H,7,9,11H2,1-3H3. The highest BCUT2D eigenvalue weighted by Gasteiger charge is 2.10. The number of hydrogen-bond donors (Lipinski definition) is 1. The molecule has 0 saturated carbocycles. The molecule has 0 saturated heterocycles. The zero-order chi connectivity index (χ0) is 15.2. The summed E-state index contributed by atoms with van der Waals surface area (Å²) in [7, 11) is 1.84. The van der Waals surface area contributed by atoms with Gasteiger partial charge in [0.05, 0.1) is 6.20 Å². The first-order valence-corrected chi connectivity index (χ1v) is 7.14. The molecule has 0 aliphatic carbocycles. The molecule has 2 aromatic rings. The molecule has 0 amide bonds. The minimum Gasteiger partial charge on any atom is -0.485 e. The van der Waals surface area contributed by atoms with Crippen molar-refractivity contribution in [3.05, 3.63) is 47.5 Å². The molecule has 0 radical (unpaired) electrons. The molecule has 114 valence electrons. The van der Waals surface area contributed by atoms with Crippen LogP contribution in [0.5, 0.6) is 5.75 Å². The monoisotopic (exact) mass is 291 g/mol. The number of aromatic nitrogens is 2. The third-order valence-corrected chi connectivity index (χ3v) is 3.06. The number of benzene rings is 1. The fourth-order valence-electron chi connectivity index (χ4n) is 2.05. The molecule has 1 N–H and O–H groups in total. The van der Waals surface area contributed by atoms with Gasteiger partial charge in [-0.05, 0) is 18.5 Å². The molecule has 1 aromatic heterocycles. The van der Waals surface area contributed by atoms with Gasteiger partial charge in [0.2, 0.25) is 0 Å². The van der Waals surface area contributed by atoms with Crippen molar-refractivity contribution in [3.8, 4) is 5.75 Å². The molecular formula is C16H22FN3O. The maximum absolute atomic E-state index is 14.0. The van der Waals surface area contributed by atoms with E-state index in [2.05, 4.69) is 24.3 Å². The highest BCUT2D eigenvalue weighted by molar-refractivity contribution is 5.35. The zero-order valence-corrected chi connectivity index (χ0v) is 12.8. The summed E-state index contributed by atoms with van der Waals surface area (Å²) < 4.78 is 21.3. The molecule has 21 heavy (non-hydrogen) atoms. The Kier molecular flexibility index (Phi) is 5.33. The molecule has 0 bridgehead atoms. The minimum absolute atomic E-state index is 0.311. The second kappa shape index (κ2) is 7.22. The van der Waals surface area contributed by atoms with Gasteiger partial charge in [0.1, 0.15) is 6.61 Å². The van der Waals surface area contributed by atoms with E-state index in [0.717, 1.165) is 17.7 Å². The van der Waals surface area contributed by atoms with Gasteiger partial charge >= 0.3 is 0 Å². The predicted molar refractivity (Wildman–Crippen MR) is 80.5 cm³/mol. The van der Waals surface area contributed by atoms with Crippen LogP contribution in [0.15, 0.2) is 30.6 Å². The smallest absolute Gasteiger partial charge is 0.165 e. The first-order chi connectivity index (χ1) is 10.1. The maximum Gasteiger partial charge on any atom is 0.165 e. The Hall–Kier alpha value is -1.88. The summed E-state index contributed by atoms with van der Waals surface area (Å²) in [6, 6.07) is 5.01. The first-order valence-electron chi connectivity index (χ1n) is 7.14. The lowest BCUT2D eigenvalue weighted by molar-refractivity contribution is 0.286. The van der Waals surface area contributed by atoms with Crippen LogP contribution in [0, 0.1) is 11.7 Å². The molecule has 0 spiro atoms. The highest BCUT2D eigenvalue weighted by atomic mass is 19.1. The molecule has 0 unspecified atom stereocenters. The number of ether oxygens (including phenoxy) is 1. The van der Waals surface area contributed by atoms with Gasteiger partial charge in [0.25, 0.3) is 0 Å². The van der Waals surface area contributed by atoms with Crippen LogP contribution < -0.4 is 10.1 Å². The number of nitrogens with zero attached hydrogens (tertiary/aromatic N) is 2. The van der Waals surface area contributed by atoms with Crippen molar-refractivity contribution in [1.29, 1.82) is 0 Å². The van der Waals surface area contributed by atoms with Crippen molar-refractivity contribution in [2.45, 2.75) is 27.0 Å². The molecule has 5 heteroatoms. The molecular weight excluding hydrogens is 269 g/mol. The van der Waals surface area contributed by atoms with Gasteiger partial charge in [0, 0.05) is 30.9 Å². The summed E-state index contributed by atoms with van der Waals surface area (Å²) in [6.07, 6.45) is 3.58. The van der Waals surface area contributed by atoms with E-state index in [1.807, 2.05) is 19.3 Å². The van der Waals surface area contributed by atoms with Gasteiger partial charge < -0.3 is 10.1 Å². The van der Waals surface area contributed by atoms with E-state index in [0.29, 0.717) is 24.8 Å². The van der Waals surface area contributed by atoms with Crippen LogP contribution in [0.3, 0.4) is 0 Å². The summed E-state index contributed by atoms with van der Waals surface area (Å²) >= 11 is 0. The van der Waals surface area contributed by atoms with Crippen LogP contribution in [0.4, 0.5) is 4.39 Å². The normalized spacial score (nSPS) is 11.1. The zero-order valence-electron chi connectivity index (χ0n) is 12.8. The highest BCUT2D eigenvalue weighted by Crippen LogP contribution is 2.23. The predicted octanol–water partition coefficient (Wildman–Crippen LogP) is 2.88. The fraction of sp³-hybridized carbons (Fsp3) is 0.438. The van der Waals surface area contributed by atoms with E-state index in [1.165, 1.54) is 6.07 Å². The molecule has 0 fully saturated rings. The second-order valence-electron chi connectivity index (χ2n) is 5.56. The Balaban J connectivity index is 2.02. The third kappa shape index (κ3) is 4.56. The number of hydrogen-bond acceptors (Lipinski definition) is 3. The van der Waals surface area contributed by atoms with E-state index in [-0.39, 0.29) is 5.82 Å². The van der Waals surface area contributed by atoms with E-state index >= 15 is 0 Å². The fourth-order valence-corrected chi connectivity index (χ4v) is 2.05. The number of rotatable bonds is 7. The topological polar surface area (TPSA) is 39.1 Å². The lowest BCUT2D eigenvalue weighted by atomic mass is 10.1. The van der Waals surface area contributed by atoms with Crippen molar-refractivity contribution in [1.82, 2.24) is 15.1 Å². The van der Waals surface area contributed by atoms with Gasteiger partial charge in [-0.15, -0.1) is 0 Å². The van der Waals surface area contributed by atoms with Crippen LogP contribution in [-0.2, 0) is 20.2 Å². The van der Waals surface area contributed by atoms with Crippen LogP contribution in [0.25, 0.3) is 0 Å². The SMILES string of the molecule is CC(C)CNCc1cccc(F)c1OCc1cnn(C)c1. The van der Waals surface area contributed by atoms with Crippen molar-refractivity contribution in [3.63, 3.8) is 0 Å². The maximum atomic E-state index is 14.0. The third-order valence-electron chi connectivity index (χ3n) is 3.06. The molecule has 1 aromatic carbocycles. The average Bonchev–Trinajstić information content (AvgIpc) is 2.83. The molecule has 0 aliphatic rings. The van der Waals surface area contributed by atoms with Crippen molar-refractivity contribution < 1.29 is 9.13 Å². The number of para-hydroxylation sites is 1. The molecule has 2 rings (SSSR count). The molecule has 4 nitrogen and oxygen atoms in total. The molecule has 0 aliphatic heterocycles. The van der Waals surface area contributed by atoms with Crippen molar-refractivity contribution in [2.24, 2.45) is 13.0 Å². The number of aryl methyl sites for hydroxylation is 1. The Morgan fingerprint density at radius 1 is 1.38 bits per heavy atom. The largest absolute Gasteiger partial charge is 0.485 e. The second-order valence-corrected chi connectivity index (χ2v) is 5.56. The van der Waals surface area contributed by atoms with Gasteiger partial charge in [-0.1, -0.05) is 26.0 Å². The lowest BCUT2D eigenvalue weighted by Gasteiger charge is -2.13. The molecule has 0 atom stereocenters. The summed E-state index contributed by atoms with van der Waals surface area (Å²) in [4.78, 5) is 0. The van der Waals surface area contributed by atoms with Crippen LogP contribution in [-0.4, -0.2) is 16.3 Å². The Morgan fingerprint density at radius 3 is 2.86 bits per heavy atom. The number of nitrogens with one attached hydrogen (secondary N) is 1. The Labute approximate surface area is 124 Å². The number of halogens is 1. The summed E-state index contributed by atoms with van der Waals surface area (Å²) in [5.41, 5.74) is 1.75. The van der Waals surface area contributed by atoms with E-state index in [1.54, 1.807) is 16.9 Å². The van der Waals surface area contributed by atoms with E-state index < -0.39 is 0 Å². The van der Waals surface area contributed by atoms with Gasteiger partial charge in [0.15, 0.2) is 11.6 Å². The summed E-state index contributed by atoms with van der Waals surface area (Å²) in [5, 5.41) is 7.38. The van der Waals surface area contributed by atoms with Crippen molar-refractivity contribution >= 4 is 0 Å². The van der Waals surface area contributed by atoms with E-state index in [4.69, 9.17) is 4.74 Å². The summed E-state index contributed by atoms with van der Waals surface area (Å²) in [5.74, 6) is 0.540. The molecule has 1 heterocycles. The Bertz CT molecular complexity index is 581. The van der Waals surface area contributed by atoms with E-state index in [9.17, 15) is 4.39 Å². The lowest BCUT2D eigenvalue weighted by Crippen LogP contribution is -2.19. The van der Waals surface area contributed by atoms with Gasteiger partial charge in [-0.3, -0.25) is 4.68 Å². The summed E-state index contributed by atoms with van der Waals surface area (Å²) in [6.45, 7) is 6.07. The Morgan fingerprint density at radius 2 is 2.19 bits per heavy atom. The van der Waals surface area contributed by atoms with Crippen LogP contribution in [0.2, 0.25) is 0 Å². The van der Waals surface area contributed by atoms with Crippen LogP contribution in [0.1, 0.15) is 25.0 Å². The van der Waals surface area contributed by atoms with Crippen molar-refractivity contribution in [2.75, 3.05) is 6.54 Å². The minimum atomic E-state index is -0.331. The van der Waals surface area contributed by atoms with Crippen LogP contribution >= 0.6 is 0 Å². The average molecular weight is 291 g/mol. The van der Waals surface area contributed by atoms with Gasteiger partial charge in [-0.2, -0.15) is 5.10 Å². The first kappa shape index (κ1) is 15.5. The quantitative estimate of drug-likeness (QED) is 0.852. The van der Waals surface area contributed by atoms with Gasteiger partial charge in [-0.25, -0.2) is 4.39 Å².